The topological polar surface area (TPSA) is 59.8 Å². The average Bonchev–Trinajstić information content (AvgIpc) is 3.07. The van der Waals surface area contributed by atoms with Gasteiger partial charge in [-0.2, -0.15) is 0 Å². The van der Waals surface area contributed by atoms with E-state index in [1.54, 1.807) is 0 Å². The lowest BCUT2D eigenvalue weighted by molar-refractivity contribution is 0.102. The molecule has 0 aromatic carbocycles. The highest BCUT2D eigenvalue weighted by Crippen LogP contribution is 2.27. The van der Waals surface area contributed by atoms with Gasteiger partial charge in [0.05, 0.1) is 5.75 Å². The van der Waals surface area contributed by atoms with Crippen molar-refractivity contribution in [2.75, 3.05) is 17.6 Å². The number of nitrogens with zero attached hydrogens (tertiary/aromatic N) is 3. The lowest BCUT2D eigenvalue weighted by atomic mass is 10.2. The molecular formula is C16H24N4OS2. The second-order valence-corrected chi connectivity index (χ2v) is 7.96. The van der Waals surface area contributed by atoms with Gasteiger partial charge in [0, 0.05) is 29.5 Å². The molecule has 0 unspecified atom stereocenters. The number of rotatable bonds is 8. The maximum atomic E-state index is 12.5. The standard InChI is InChI=1S/C16H24N4OS2/c1-6-7-17-15-18-19-16(23-15)22-9-14(21)13-8-11(4)20(10(2)3)12(13)5/h8,10H,6-7,9H2,1-5H3,(H,17,18). The minimum atomic E-state index is 0.147. The van der Waals surface area contributed by atoms with Crippen LogP contribution in [0.25, 0.3) is 0 Å². The molecule has 2 aromatic heterocycles. The van der Waals surface area contributed by atoms with Crippen LogP contribution in [0.5, 0.6) is 0 Å². The van der Waals surface area contributed by atoms with Crippen molar-refractivity contribution in [3.8, 4) is 0 Å². The highest BCUT2D eigenvalue weighted by Gasteiger charge is 2.18. The first-order valence-electron chi connectivity index (χ1n) is 7.85. The van der Waals surface area contributed by atoms with Crippen molar-refractivity contribution in [3.63, 3.8) is 0 Å². The third-order valence-corrected chi connectivity index (χ3v) is 5.57. The highest BCUT2D eigenvalue weighted by atomic mass is 32.2. The molecule has 0 fully saturated rings. The van der Waals surface area contributed by atoms with Gasteiger partial charge in [0.1, 0.15) is 0 Å². The van der Waals surface area contributed by atoms with E-state index in [0.717, 1.165) is 39.4 Å². The first-order valence-corrected chi connectivity index (χ1v) is 9.66. The van der Waals surface area contributed by atoms with Gasteiger partial charge >= 0.3 is 0 Å². The number of hydrogen-bond donors (Lipinski definition) is 1. The van der Waals surface area contributed by atoms with E-state index in [1.807, 2.05) is 19.9 Å². The lowest BCUT2D eigenvalue weighted by Gasteiger charge is -2.13. The summed E-state index contributed by atoms with van der Waals surface area (Å²) in [6.07, 6.45) is 1.05. The molecule has 1 N–H and O–H groups in total. The number of nitrogens with one attached hydrogen (secondary N) is 1. The summed E-state index contributed by atoms with van der Waals surface area (Å²) in [5.41, 5.74) is 3.00. The fourth-order valence-electron chi connectivity index (χ4n) is 2.63. The van der Waals surface area contributed by atoms with Crippen molar-refractivity contribution >= 4 is 34.0 Å². The van der Waals surface area contributed by atoms with Gasteiger partial charge in [-0.25, -0.2) is 0 Å². The zero-order chi connectivity index (χ0) is 17.0. The van der Waals surface area contributed by atoms with E-state index in [0.29, 0.717) is 11.8 Å². The minimum absolute atomic E-state index is 0.147. The molecule has 5 nitrogen and oxygen atoms in total. The Morgan fingerprint density at radius 3 is 2.74 bits per heavy atom. The van der Waals surface area contributed by atoms with Gasteiger partial charge in [-0.05, 0) is 40.2 Å². The van der Waals surface area contributed by atoms with E-state index < -0.39 is 0 Å². The predicted molar refractivity (Wildman–Crippen MR) is 98.0 cm³/mol. The number of anilines is 1. The molecule has 2 aromatic rings. The fourth-order valence-corrected chi connectivity index (χ4v) is 4.29. The number of carbonyl (C=O) groups excluding carboxylic acids is 1. The van der Waals surface area contributed by atoms with Crippen LogP contribution >= 0.6 is 23.1 Å². The molecule has 2 heterocycles. The Labute approximate surface area is 145 Å². The van der Waals surface area contributed by atoms with E-state index >= 15 is 0 Å². The summed E-state index contributed by atoms with van der Waals surface area (Å²) in [5.74, 6) is 0.540. The maximum Gasteiger partial charge on any atom is 0.206 e. The summed E-state index contributed by atoms with van der Waals surface area (Å²) in [5, 5.41) is 12.2. The van der Waals surface area contributed by atoms with Crippen LogP contribution in [0.1, 0.15) is 55.0 Å². The highest BCUT2D eigenvalue weighted by molar-refractivity contribution is 8.01. The molecule has 0 bridgehead atoms. The zero-order valence-corrected chi connectivity index (χ0v) is 16.0. The quantitative estimate of drug-likeness (QED) is 0.566. The van der Waals surface area contributed by atoms with Gasteiger partial charge in [0.15, 0.2) is 10.1 Å². The maximum absolute atomic E-state index is 12.5. The van der Waals surface area contributed by atoms with Crippen molar-refractivity contribution in [1.29, 1.82) is 0 Å². The van der Waals surface area contributed by atoms with Crippen molar-refractivity contribution in [2.24, 2.45) is 0 Å². The zero-order valence-electron chi connectivity index (χ0n) is 14.3. The first-order chi connectivity index (χ1) is 10.9. The van der Waals surface area contributed by atoms with Gasteiger partial charge in [0.2, 0.25) is 5.13 Å². The third kappa shape index (κ3) is 4.35. The second kappa shape index (κ2) is 7.97. The van der Waals surface area contributed by atoms with Crippen LogP contribution < -0.4 is 5.32 Å². The Morgan fingerprint density at radius 2 is 2.13 bits per heavy atom. The number of Topliss-reactive ketones (excluding diaryl/α,β-unsaturated/α-hetero) is 1. The molecule has 0 aliphatic heterocycles. The van der Waals surface area contributed by atoms with Crippen LogP contribution in [-0.2, 0) is 0 Å². The van der Waals surface area contributed by atoms with Gasteiger partial charge < -0.3 is 9.88 Å². The Kier molecular flexibility index (Phi) is 6.24. The van der Waals surface area contributed by atoms with Crippen LogP contribution in [0.2, 0.25) is 0 Å². The summed E-state index contributed by atoms with van der Waals surface area (Å²) >= 11 is 2.96. The largest absolute Gasteiger partial charge is 0.360 e. The molecule has 0 atom stereocenters. The van der Waals surface area contributed by atoms with Crippen molar-refractivity contribution in [3.05, 3.63) is 23.0 Å². The summed E-state index contributed by atoms with van der Waals surface area (Å²) < 4.78 is 3.03. The van der Waals surface area contributed by atoms with E-state index in [4.69, 9.17) is 0 Å². The number of thioether (sulfide) groups is 1. The van der Waals surface area contributed by atoms with Gasteiger partial charge in [-0.15, -0.1) is 10.2 Å². The summed E-state index contributed by atoms with van der Waals surface area (Å²) in [6.45, 7) is 11.3. The van der Waals surface area contributed by atoms with E-state index in [2.05, 4.69) is 40.9 Å². The third-order valence-electron chi connectivity index (χ3n) is 3.56. The molecule has 0 aliphatic rings. The number of aryl methyl sites for hydroxylation is 1. The van der Waals surface area contributed by atoms with Crippen molar-refractivity contribution in [2.45, 2.75) is 51.4 Å². The van der Waals surface area contributed by atoms with Crippen molar-refractivity contribution in [1.82, 2.24) is 14.8 Å². The molecule has 0 amide bonds. The molecule has 0 saturated carbocycles. The molecule has 0 aliphatic carbocycles. The lowest BCUT2D eigenvalue weighted by Crippen LogP contribution is -2.08. The van der Waals surface area contributed by atoms with Gasteiger partial charge in [-0.3, -0.25) is 4.79 Å². The fraction of sp³-hybridized carbons (Fsp3) is 0.562. The molecule has 126 valence electrons. The van der Waals surface area contributed by atoms with Crippen molar-refractivity contribution < 1.29 is 4.79 Å². The summed E-state index contributed by atoms with van der Waals surface area (Å²) in [7, 11) is 0. The molecule has 23 heavy (non-hydrogen) atoms. The Hall–Kier alpha value is -1.34. The predicted octanol–water partition coefficient (Wildman–Crippen LogP) is 4.33. The second-order valence-electron chi connectivity index (χ2n) is 5.76. The van der Waals surface area contributed by atoms with Gasteiger partial charge in [-0.1, -0.05) is 30.0 Å². The minimum Gasteiger partial charge on any atom is -0.360 e. The first kappa shape index (κ1) is 18.0. The SMILES string of the molecule is CCCNc1nnc(SCC(=O)c2cc(C)n(C(C)C)c2C)s1. The summed E-state index contributed by atoms with van der Waals surface area (Å²) in [6, 6.07) is 2.35. The van der Waals surface area contributed by atoms with E-state index in [9.17, 15) is 4.79 Å². The van der Waals surface area contributed by atoms with Gasteiger partial charge in [0.25, 0.3) is 0 Å². The Bertz CT molecular complexity index is 676. The Balaban J connectivity index is 2.00. The molecule has 7 heteroatoms. The molecule has 0 saturated heterocycles. The molecule has 0 spiro atoms. The van der Waals surface area contributed by atoms with Crippen LogP contribution in [0.4, 0.5) is 5.13 Å². The molecule has 0 radical (unpaired) electrons. The van der Waals surface area contributed by atoms with E-state index in [-0.39, 0.29) is 5.78 Å². The smallest absolute Gasteiger partial charge is 0.206 e. The van der Waals surface area contributed by atoms with Crippen LogP contribution in [0.3, 0.4) is 0 Å². The summed E-state index contributed by atoms with van der Waals surface area (Å²) in [4.78, 5) is 12.5. The monoisotopic (exact) mass is 352 g/mol. The van der Waals surface area contributed by atoms with E-state index in [1.165, 1.54) is 23.1 Å². The Morgan fingerprint density at radius 1 is 1.39 bits per heavy atom. The normalized spacial score (nSPS) is 11.2. The number of carbonyl (C=O) groups is 1. The average molecular weight is 353 g/mol. The van der Waals surface area contributed by atoms with Crippen LogP contribution in [0.15, 0.2) is 10.4 Å². The van der Waals surface area contributed by atoms with Crippen LogP contribution in [0, 0.1) is 13.8 Å². The number of aromatic nitrogens is 3. The molecule has 2 rings (SSSR count). The number of hydrogen-bond acceptors (Lipinski definition) is 6. The number of ketones is 1. The van der Waals surface area contributed by atoms with Crippen LogP contribution in [-0.4, -0.2) is 32.8 Å². The molecular weight excluding hydrogens is 328 g/mol.